The summed E-state index contributed by atoms with van der Waals surface area (Å²) in [4.78, 5) is 4.77. The van der Waals surface area contributed by atoms with Crippen molar-refractivity contribution in [2.24, 2.45) is 4.99 Å². The Balaban J connectivity index is 1.53. The van der Waals surface area contributed by atoms with Crippen LogP contribution in [0.15, 0.2) is 65.9 Å². The molecule has 31 heavy (non-hydrogen) atoms. The van der Waals surface area contributed by atoms with Crippen LogP contribution in [0, 0.1) is 0 Å². The summed E-state index contributed by atoms with van der Waals surface area (Å²) < 4.78 is 7.30. The van der Waals surface area contributed by atoms with E-state index in [1.165, 1.54) is 5.56 Å². The molecule has 164 valence electrons. The molecule has 3 aromatic rings. The van der Waals surface area contributed by atoms with E-state index in [-0.39, 0.29) is 0 Å². The molecule has 0 aliphatic heterocycles. The van der Waals surface area contributed by atoms with E-state index in [9.17, 15) is 0 Å². The van der Waals surface area contributed by atoms with Crippen LogP contribution in [0.2, 0.25) is 0 Å². The number of hydrogen-bond acceptors (Lipinski definition) is 4. The lowest BCUT2D eigenvalue weighted by molar-refractivity contribution is 0.414. The van der Waals surface area contributed by atoms with Gasteiger partial charge in [0.05, 0.1) is 13.7 Å². The zero-order valence-electron chi connectivity index (χ0n) is 18.4. The fourth-order valence-electron chi connectivity index (χ4n) is 3.25. The lowest BCUT2D eigenvalue weighted by Gasteiger charge is -2.14. The zero-order valence-corrected chi connectivity index (χ0v) is 18.4. The number of aromatic nitrogens is 3. The highest BCUT2D eigenvalue weighted by molar-refractivity contribution is 5.79. The Morgan fingerprint density at radius 3 is 2.52 bits per heavy atom. The Morgan fingerprint density at radius 1 is 1.00 bits per heavy atom. The smallest absolute Gasteiger partial charge is 0.191 e. The van der Waals surface area contributed by atoms with Gasteiger partial charge < -0.3 is 19.9 Å². The van der Waals surface area contributed by atoms with Gasteiger partial charge in [-0.25, -0.2) is 4.99 Å². The second kappa shape index (κ2) is 12.4. The summed E-state index contributed by atoms with van der Waals surface area (Å²) in [7, 11) is 1.67. The van der Waals surface area contributed by atoms with Crippen LogP contribution in [0.4, 0.5) is 0 Å². The predicted molar refractivity (Wildman–Crippen MR) is 124 cm³/mol. The first-order valence-corrected chi connectivity index (χ1v) is 10.8. The molecule has 0 spiro atoms. The summed E-state index contributed by atoms with van der Waals surface area (Å²) in [6.45, 7) is 5.09. The Kier molecular flexibility index (Phi) is 8.91. The Labute approximate surface area is 184 Å². The number of methoxy groups -OCH3 is 1. The van der Waals surface area contributed by atoms with Crippen molar-refractivity contribution in [3.63, 3.8) is 0 Å². The largest absolute Gasteiger partial charge is 0.497 e. The number of rotatable bonds is 11. The molecule has 0 saturated carbocycles. The molecule has 7 heteroatoms. The molecule has 7 nitrogen and oxygen atoms in total. The minimum Gasteiger partial charge on any atom is -0.497 e. The standard InChI is InChI=1S/C24H32N6O/c1-3-23-29-28-19-30(23)17-16-26-24(25-15-7-10-20-8-5-4-6-9-20)27-18-21-11-13-22(31-2)14-12-21/h4-6,8-9,11-14,19H,3,7,10,15-18H2,1-2H3,(H2,25,26,27). The lowest BCUT2D eigenvalue weighted by atomic mass is 10.1. The van der Waals surface area contributed by atoms with Gasteiger partial charge in [0.2, 0.25) is 0 Å². The number of guanidine groups is 1. The fourth-order valence-corrected chi connectivity index (χ4v) is 3.25. The van der Waals surface area contributed by atoms with Crippen LogP contribution in [0.3, 0.4) is 0 Å². The number of hydrogen-bond donors (Lipinski definition) is 2. The molecule has 2 N–H and O–H groups in total. The van der Waals surface area contributed by atoms with Crippen LogP contribution >= 0.6 is 0 Å². The molecule has 0 amide bonds. The van der Waals surface area contributed by atoms with Crippen molar-refractivity contribution < 1.29 is 4.74 Å². The predicted octanol–water partition coefficient (Wildman–Crippen LogP) is 3.22. The van der Waals surface area contributed by atoms with Crippen molar-refractivity contribution in [3.8, 4) is 5.75 Å². The molecule has 0 radical (unpaired) electrons. The van der Waals surface area contributed by atoms with E-state index in [0.29, 0.717) is 6.54 Å². The van der Waals surface area contributed by atoms with Gasteiger partial charge in [-0.15, -0.1) is 10.2 Å². The molecule has 1 aromatic heterocycles. The van der Waals surface area contributed by atoms with Crippen LogP contribution in [0.1, 0.15) is 30.3 Å². The summed E-state index contributed by atoms with van der Waals surface area (Å²) in [6.07, 6.45) is 4.73. The van der Waals surface area contributed by atoms with Gasteiger partial charge >= 0.3 is 0 Å². The first-order valence-electron chi connectivity index (χ1n) is 10.8. The summed E-state index contributed by atoms with van der Waals surface area (Å²) in [5.41, 5.74) is 2.49. The second-order valence-electron chi connectivity index (χ2n) is 7.25. The summed E-state index contributed by atoms with van der Waals surface area (Å²) in [6, 6.07) is 18.6. The molecule has 0 unspecified atom stereocenters. The highest BCUT2D eigenvalue weighted by Crippen LogP contribution is 2.11. The second-order valence-corrected chi connectivity index (χ2v) is 7.25. The molecular formula is C24H32N6O. The third kappa shape index (κ3) is 7.44. The highest BCUT2D eigenvalue weighted by atomic mass is 16.5. The van der Waals surface area contributed by atoms with Crippen LogP contribution in [0.5, 0.6) is 5.75 Å². The Bertz CT molecular complexity index is 921. The van der Waals surface area contributed by atoms with E-state index >= 15 is 0 Å². The number of aliphatic imine (C=N–C) groups is 1. The average molecular weight is 421 g/mol. The Hall–Kier alpha value is -3.35. The van der Waals surface area contributed by atoms with Gasteiger partial charge in [0.25, 0.3) is 0 Å². The van der Waals surface area contributed by atoms with Gasteiger partial charge in [-0.1, -0.05) is 49.4 Å². The number of nitrogens with one attached hydrogen (secondary N) is 2. The minimum absolute atomic E-state index is 0.602. The molecule has 0 bridgehead atoms. The first kappa shape index (κ1) is 22.3. The van der Waals surface area contributed by atoms with E-state index < -0.39 is 0 Å². The number of aryl methyl sites for hydroxylation is 2. The first-order chi connectivity index (χ1) is 15.3. The van der Waals surface area contributed by atoms with Crippen LogP contribution < -0.4 is 15.4 Å². The molecule has 0 atom stereocenters. The molecule has 0 aliphatic carbocycles. The van der Waals surface area contributed by atoms with Crippen LogP contribution in [-0.2, 0) is 25.9 Å². The van der Waals surface area contributed by atoms with E-state index in [1.807, 2.05) is 24.3 Å². The average Bonchev–Trinajstić information content (AvgIpc) is 3.28. The maximum absolute atomic E-state index is 5.23. The third-order valence-corrected chi connectivity index (χ3v) is 5.01. The molecule has 0 saturated heterocycles. The minimum atomic E-state index is 0.602. The van der Waals surface area contributed by atoms with E-state index in [0.717, 1.165) is 62.0 Å². The molecule has 0 fully saturated rings. The monoisotopic (exact) mass is 420 g/mol. The van der Waals surface area contributed by atoms with E-state index in [2.05, 4.69) is 62.7 Å². The SMILES string of the molecule is CCc1nncn1CCNC(=NCc1ccc(OC)cc1)NCCCc1ccccc1. The highest BCUT2D eigenvalue weighted by Gasteiger charge is 2.03. The van der Waals surface area contributed by atoms with Crippen molar-refractivity contribution in [1.82, 2.24) is 25.4 Å². The summed E-state index contributed by atoms with van der Waals surface area (Å²) >= 11 is 0. The van der Waals surface area contributed by atoms with Gasteiger partial charge in [-0.2, -0.15) is 0 Å². The van der Waals surface area contributed by atoms with Crippen molar-refractivity contribution in [2.75, 3.05) is 20.2 Å². The summed E-state index contributed by atoms with van der Waals surface area (Å²) in [5, 5.41) is 15.0. The molecule has 2 aromatic carbocycles. The Morgan fingerprint density at radius 2 is 1.77 bits per heavy atom. The molecular weight excluding hydrogens is 388 g/mol. The summed E-state index contributed by atoms with van der Waals surface area (Å²) in [5.74, 6) is 2.66. The van der Waals surface area contributed by atoms with E-state index in [1.54, 1.807) is 13.4 Å². The maximum Gasteiger partial charge on any atom is 0.191 e. The fraction of sp³-hybridized carbons (Fsp3) is 0.375. The van der Waals surface area contributed by atoms with Crippen LogP contribution in [-0.4, -0.2) is 40.9 Å². The van der Waals surface area contributed by atoms with Gasteiger partial charge in [0.15, 0.2) is 5.96 Å². The van der Waals surface area contributed by atoms with Crippen LogP contribution in [0.25, 0.3) is 0 Å². The van der Waals surface area contributed by atoms with Gasteiger partial charge in [0, 0.05) is 26.1 Å². The topological polar surface area (TPSA) is 76.4 Å². The molecule has 1 heterocycles. The quantitative estimate of drug-likeness (QED) is 0.283. The lowest BCUT2D eigenvalue weighted by Crippen LogP contribution is -2.39. The normalized spacial score (nSPS) is 11.4. The van der Waals surface area contributed by atoms with E-state index in [4.69, 9.17) is 9.73 Å². The number of ether oxygens (including phenoxy) is 1. The van der Waals surface area contributed by atoms with Crippen molar-refractivity contribution in [3.05, 3.63) is 77.9 Å². The molecule has 0 aliphatic rings. The van der Waals surface area contributed by atoms with Crippen molar-refractivity contribution in [2.45, 2.75) is 39.3 Å². The van der Waals surface area contributed by atoms with Crippen molar-refractivity contribution in [1.29, 1.82) is 0 Å². The van der Waals surface area contributed by atoms with Crippen molar-refractivity contribution >= 4 is 5.96 Å². The number of benzene rings is 2. The third-order valence-electron chi connectivity index (χ3n) is 5.01. The molecule has 3 rings (SSSR count). The maximum atomic E-state index is 5.23. The van der Waals surface area contributed by atoms with Gasteiger partial charge in [-0.05, 0) is 36.1 Å². The zero-order chi connectivity index (χ0) is 21.7. The van der Waals surface area contributed by atoms with Gasteiger partial charge in [-0.3, -0.25) is 0 Å². The number of nitrogens with zero attached hydrogens (tertiary/aromatic N) is 4. The van der Waals surface area contributed by atoms with Gasteiger partial charge in [0.1, 0.15) is 17.9 Å².